The third-order valence-corrected chi connectivity index (χ3v) is 6.37. The molecule has 0 atom stereocenters. The number of methoxy groups -OCH3 is 1. The van der Waals surface area contributed by atoms with Crippen LogP contribution in [0, 0.1) is 0 Å². The molecule has 2 amide bonds. The van der Waals surface area contributed by atoms with Crippen molar-refractivity contribution in [2.24, 2.45) is 0 Å². The SMILES string of the molecule is CNC(=O)Nc1nc(Nc2cc(C3CC3)[nH]n2)c2cc(OC)c(OCCCN3CCCC3)cc2n1. The number of benzene rings is 1. The van der Waals surface area contributed by atoms with Crippen LogP contribution >= 0.6 is 0 Å². The summed E-state index contributed by atoms with van der Waals surface area (Å²) in [6.45, 7) is 3.95. The molecule has 186 valence electrons. The Morgan fingerprint density at radius 2 is 2.00 bits per heavy atom. The number of anilines is 3. The predicted molar refractivity (Wildman–Crippen MR) is 134 cm³/mol. The van der Waals surface area contributed by atoms with E-state index in [4.69, 9.17) is 9.47 Å². The Balaban J connectivity index is 1.41. The first-order valence-electron chi connectivity index (χ1n) is 12.2. The molecule has 3 heterocycles. The van der Waals surface area contributed by atoms with Gasteiger partial charge < -0.3 is 25.0 Å². The summed E-state index contributed by atoms with van der Waals surface area (Å²) < 4.78 is 11.7. The Labute approximate surface area is 204 Å². The Morgan fingerprint density at radius 1 is 1.17 bits per heavy atom. The summed E-state index contributed by atoms with van der Waals surface area (Å²) in [5, 5.41) is 16.6. The second kappa shape index (κ2) is 10.3. The van der Waals surface area contributed by atoms with Gasteiger partial charge in [-0.3, -0.25) is 10.4 Å². The van der Waals surface area contributed by atoms with Crippen LogP contribution in [0.2, 0.25) is 0 Å². The minimum Gasteiger partial charge on any atom is -0.493 e. The number of H-pyrrole nitrogens is 1. The zero-order valence-corrected chi connectivity index (χ0v) is 20.2. The fraction of sp³-hybridized carbons (Fsp3) is 0.500. The van der Waals surface area contributed by atoms with E-state index in [2.05, 4.69) is 41.0 Å². The molecule has 3 aromatic rings. The van der Waals surface area contributed by atoms with Crippen LogP contribution in [0.4, 0.5) is 22.4 Å². The topological polar surface area (TPSA) is 129 Å². The molecule has 11 nitrogen and oxygen atoms in total. The summed E-state index contributed by atoms with van der Waals surface area (Å²) in [6, 6.07) is 5.27. The van der Waals surface area contributed by atoms with Crippen molar-refractivity contribution >= 4 is 34.5 Å². The van der Waals surface area contributed by atoms with Crippen molar-refractivity contribution in [1.29, 1.82) is 0 Å². The van der Waals surface area contributed by atoms with E-state index in [1.165, 1.54) is 45.8 Å². The quantitative estimate of drug-likeness (QED) is 0.324. The highest BCUT2D eigenvalue weighted by molar-refractivity contribution is 5.95. The number of aromatic amines is 1. The first kappa shape index (κ1) is 23.2. The molecule has 1 saturated heterocycles. The van der Waals surface area contributed by atoms with Gasteiger partial charge in [0.1, 0.15) is 5.82 Å². The van der Waals surface area contributed by atoms with Gasteiger partial charge in [0.15, 0.2) is 17.3 Å². The van der Waals surface area contributed by atoms with E-state index in [-0.39, 0.29) is 5.95 Å². The van der Waals surface area contributed by atoms with Crippen LogP contribution in [0.3, 0.4) is 0 Å². The van der Waals surface area contributed by atoms with Crippen LogP contribution in [-0.2, 0) is 0 Å². The maximum atomic E-state index is 11.9. The average molecular weight is 481 g/mol. The second-order valence-corrected chi connectivity index (χ2v) is 8.98. The maximum absolute atomic E-state index is 11.9. The van der Waals surface area contributed by atoms with Crippen molar-refractivity contribution in [3.05, 3.63) is 23.9 Å². The molecule has 1 saturated carbocycles. The molecule has 1 aromatic carbocycles. The summed E-state index contributed by atoms with van der Waals surface area (Å²) >= 11 is 0. The lowest BCUT2D eigenvalue weighted by Gasteiger charge is -2.16. The molecular formula is C24H32N8O3. The monoisotopic (exact) mass is 480 g/mol. The molecular weight excluding hydrogens is 448 g/mol. The minimum atomic E-state index is -0.405. The van der Waals surface area contributed by atoms with Gasteiger partial charge in [0.25, 0.3) is 0 Å². The van der Waals surface area contributed by atoms with E-state index in [1.807, 2.05) is 18.2 Å². The highest BCUT2D eigenvalue weighted by Crippen LogP contribution is 2.40. The summed E-state index contributed by atoms with van der Waals surface area (Å²) in [4.78, 5) is 23.5. The number of fused-ring (bicyclic) bond motifs is 1. The fourth-order valence-electron chi connectivity index (χ4n) is 4.33. The molecule has 2 aliphatic rings. The normalized spacial score (nSPS) is 15.8. The van der Waals surface area contributed by atoms with Gasteiger partial charge in [-0.25, -0.2) is 9.78 Å². The summed E-state index contributed by atoms with van der Waals surface area (Å²) in [5.74, 6) is 3.08. The van der Waals surface area contributed by atoms with E-state index in [9.17, 15) is 4.79 Å². The Kier molecular flexibility index (Phi) is 6.84. The number of nitrogens with one attached hydrogen (secondary N) is 4. The number of urea groups is 1. The van der Waals surface area contributed by atoms with Gasteiger partial charge in [0.05, 0.1) is 19.2 Å². The molecule has 1 aliphatic heterocycles. The van der Waals surface area contributed by atoms with Crippen LogP contribution in [0.25, 0.3) is 10.9 Å². The van der Waals surface area contributed by atoms with Crippen molar-refractivity contribution < 1.29 is 14.3 Å². The number of hydrogen-bond acceptors (Lipinski definition) is 8. The van der Waals surface area contributed by atoms with Gasteiger partial charge in [0, 0.05) is 42.7 Å². The highest BCUT2D eigenvalue weighted by Gasteiger charge is 2.26. The van der Waals surface area contributed by atoms with Crippen LogP contribution in [-0.4, -0.2) is 71.5 Å². The standard InChI is InChI=1S/C24H32N8O3/c1-25-24(33)29-23-26-18-13-20(35-11-5-10-32-8-3-4-9-32)19(34-2)12-16(18)22(28-23)27-21-14-17(30-31-21)15-6-7-15/h12-15H,3-11H2,1-2H3,(H4,25,26,27,28,29,30,31,33). The number of aromatic nitrogens is 4. The number of carbonyl (C=O) groups excluding carboxylic acids is 1. The number of hydrogen-bond donors (Lipinski definition) is 4. The van der Waals surface area contributed by atoms with Crippen molar-refractivity contribution in [1.82, 2.24) is 30.4 Å². The van der Waals surface area contributed by atoms with Crippen LogP contribution < -0.4 is 25.4 Å². The van der Waals surface area contributed by atoms with Crippen molar-refractivity contribution in [3.8, 4) is 11.5 Å². The van der Waals surface area contributed by atoms with E-state index >= 15 is 0 Å². The molecule has 0 radical (unpaired) electrons. The predicted octanol–water partition coefficient (Wildman–Crippen LogP) is 3.60. The van der Waals surface area contributed by atoms with Crippen molar-refractivity contribution in [2.75, 3.05) is 51.0 Å². The number of rotatable bonds is 10. The number of likely N-dealkylation sites (tertiary alicyclic amines) is 1. The second-order valence-electron chi connectivity index (χ2n) is 8.98. The first-order valence-corrected chi connectivity index (χ1v) is 12.2. The number of ether oxygens (including phenoxy) is 2. The lowest BCUT2D eigenvalue weighted by atomic mass is 10.2. The van der Waals surface area contributed by atoms with E-state index in [0.29, 0.717) is 41.2 Å². The lowest BCUT2D eigenvalue weighted by Crippen LogP contribution is -2.25. The summed E-state index contributed by atoms with van der Waals surface area (Å²) in [6.07, 6.45) is 5.85. The Bertz CT molecular complexity index is 1190. The zero-order valence-electron chi connectivity index (χ0n) is 20.2. The van der Waals surface area contributed by atoms with Gasteiger partial charge in [0.2, 0.25) is 5.95 Å². The van der Waals surface area contributed by atoms with Gasteiger partial charge in [-0.15, -0.1) is 0 Å². The molecule has 35 heavy (non-hydrogen) atoms. The summed E-state index contributed by atoms with van der Waals surface area (Å²) in [5.41, 5.74) is 1.72. The van der Waals surface area contributed by atoms with Crippen LogP contribution in [0.1, 0.15) is 43.7 Å². The van der Waals surface area contributed by atoms with Gasteiger partial charge in [-0.05, 0) is 51.3 Å². The molecule has 0 unspecified atom stereocenters. The van der Waals surface area contributed by atoms with E-state index in [1.54, 1.807) is 7.11 Å². The number of nitrogens with zero attached hydrogens (tertiary/aromatic N) is 4. The van der Waals surface area contributed by atoms with Gasteiger partial charge in [-0.2, -0.15) is 10.1 Å². The van der Waals surface area contributed by atoms with E-state index in [0.717, 1.165) is 24.0 Å². The smallest absolute Gasteiger partial charge is 0.321 e. The Morgan fingerprint density at radius 3 is 2.74 bits per heavy atom. The number of carbonyl (C=O) groups is 1. The summed E-state index contributed by atoms with van der Waals surface area (Å²) in [7, 11) is 3.15. The highest BCUT2D eigenvalue weighted by atomic mass is 16.5. The van der Waals surface area contributed by atoms with Crippen LogP contribution in [0.5, 0.6) is 11.5 Å². The molecule has 4 N–H and O–H groups in total. The molecule has 1 aliphatic carbocycles. The van der Waals surface area contributed by atoms with Crippen molar-refractivity contribution in [2.45, 2.75) is 38.0 Å². The number of amides is 2. The zero-order chi connectivity index (χ0) is 24.2. The van der Waals surface area contributed by atoms with Gasteiger partial charge in [-0.1, -0.05) is 0 Å². The largest absolute Gasteiger partial charge is 0.493 e. The third kappa shape index (κ3) is 5.56. The third-order valence-electron chi connectivity index (χ3n) is 6.37. The molecule has 0 bridgehead atoms. The fourth-order valence-corrected chi connectivity index (χ4v) is 4.33. The van der Waals surface area contributed by atoms with E-state index < -0.39 is 6.03 Å². The molecule has 2 fully saturated rings. The average Bonchev–Trinajstić information content (AvgIpc) is 3.38. The lowest BCUT2D eigenvalue weighted by molar-refractivity contribution is 0.254. The van der Waals surface area contributed by atoms with Crippen molar-refractivity contribution in [3.63, 3.8) is 0 Å². The molecule has 0 spiro atoms. The van der Waals surface area contributed by atoms with Crippen LogP contribution in [0.15, 0.2) is 18.2 Å². The minimum absolute atomic E-state index is 0.169. The molecule has 11 heteroatoms. The maximum Gasteiger partial charge on any atom is 0.321 e. The first-order chi connectivity index (χ1) is 17.1. The molecule has 5 rings (SSSR count). The Hall–Kier alpha value is -3.60. The molecule has 2 aromatic heterocycles. The van der Waals surface area contributed by atoms with Gasteiger partial charge >= 0.3 is 6.03 Å².